The first-order valence-electron chi connectivity index (χ1n) is 7.11. The van der Waals surface area contributed by atoms with Gasteiger partial charge in [0.05, 0.1) is 18.4 Å². The lowest BCUT2D eigenvalue weighted by Gasteiger charge is -2.18. The second kappa shape index (κ2) is 6.81. The highest BCUT2D eigenvalue weighted by molar-refractivity contribution is 6.30. The van der Waals surface area contributed by atoms with Gasteiger partial charge in [-0.1, -0.05) is 37.6 Å². The summed E-state index contributed by atoms with van der Waals surface area (Å²) in [7, 11) is 1.16. The van der Waals surface area contributed by atoms with E-state index in [1.165, 1.54) is 24.3 Å². The number of rotatable bonds is 3. The van der Waals surface area contributed by atoms with Gasteiger partial charge in [-0.3, -0.25) is 0 Å². The van der Waals surface area contributed by atoms with E-state index in [1.807, 2.05) is 0 Å². The normalized spacial score (nSPS) is 11.7. The minimum atomic E-state index is -4.61. The van der Waals surface area contributed by atoms with Crippen molar-refractivity contribution >= 4 is 17.6 Å². The van der Waals surface area contributed by atoms with E-state index in [0.29, 0.717) is 5.02 Å². The predicted octanol–water partition coefficient (Wildman–Crippen LogP) is 5.33. The van der Waals surface area contributed by atoms with E-state index in [0.717, 1.165) is 13.2 Å². The second-order valence-electron chi connectivity index (χ2n) is 5.47. The van der Waals surface area contributed by atoms with E-state index >= 15 is 0 Å². The summed E-state index contributed by atoms with van der Waals surface area (Å²) < 4.78 is 45.1. The SMILES string of the molecule is COC(=O)c1nc(-c2ccc(Cl)cc2)c(C(F)(F)F)cc1C(C)C. The van der Waals surface area contributed by atoms with Gasteiger partial charge in [-0.2, -0.15) is 13.2 Å². The molecule has 128 valence electrons. The number of aromatic nitrogens is 1. The molecule has 0 saturated carbocycles. The van der Waals surface area contributed by atoms with Crippen LogP contribution in [0, 0.1) is 0 Å². The fourth-order valence-corrected chi connectivity index (χ4v) is 2.40. The molecule has 24 heavy (non-hydrogen) atoms. The summed E-state index contributed by atoms with van der Waals surface area (Å²) in [4.78, 5) is 15.9. The molecular weight excluding hydrogens is 343 g/mol. The number of ether oxygens (including phenoxy) is 1. The summed E-state index contributed by atoms with van der Waals surface area (Å²) in [6.45, 7) is 3.37. The summed E-state index contributed by atoms with van der Waals surface area (Å²) in [5.41, 5.74) is -0.949. The minimum absolute atomic E-state index is 0.120. The van der Waals surface area contributed by atoms with Crippen molar-refractivity contribution in [1.29, 1.82) is 0 Å². The Hall–Kier alpha value is -2.08. The zero-order chi connectivity index (χ0) is 18.1. The van der Waals surface area contributed by atoms with Crippen molar-refractivity contribution in [3.8, 4) is 11.3 Å². The van der Waals surface area contributed by atoms with Crippen molar-refractivity contribution in [3.63, 3.8) is 0 Å². The van der Waals surface area contributed by atoms with Crippen LogP contribution in [0.3, 0.4) is 0 Å². The molecule has 0 radical (unpaired) electrons. The van der Waals surface area contributed by atoms with E-state index in [1.54, 1.807) is 13.8 Å². The first-order chi connectivity index (χ1) is 11.1. The van der Waals surface area contributed by atoms with Gasteiger partial charge in [0.2, 0.25) is 0 Å². The highest BCUT2D eigenvalue weighted by Crippen LogP contribution is 2.38. The summed E-state index contributed by atoms with van der Waals surface area (Å²) in [5.74, 6) is -1.10. The number of benzene rings is 1. The van der Waals surface area contributed by atoms with Crippen molar-refractivity contribution in [2.45, 2.75) is 25.9 Å². The van der Waals surface area contributed by atoms with Gasteiger partial charge in [-0.15, -0.1) is 0 Å². The molecule has 2 rings (SSSR count). The smallest absolute Gasteiger partial charge is 0.418 e. The average molecular weight is 358 g/mol. The number of alkyl halides is 3. The number of hydrogen-bond donors (Lipinski definition) is 0. The Morgan fingerprint density at radius 2 is 1.79 bits per heavy atom. The van der Waals surface area contributed by atoms with Crippen LogP contribution in [0.25, 0.3) is 11.3 Å². The van der Waals surface area contributed by atoms with Gasteiger partial charge < -0.3 is 4.74 Å². The number of nitrogens with zero attached hydrogens (tertiary/aromatic N) is 1. The van der Waals surface area contributed by atoms with Gasteiger partial charge >= 0.3 is 12.1 Å². The molecule has 0 aliphatic rings. The van der Waals surface area contributed by atoms with Crippen LogP contribution in [0.1, 0.15) is 41.4 Å². The molecule has 1 aromatic heterocycles. The van der Waals surface area contributed by atoms with Crippen molar-refractivity contribution in [1.82, 2.24) is 4.98 Å². The number of methoxy groups -OCH3 is 1. The van der Waals surface area contributed by atoms with E-state index in [9.17, 15) is 18.0 Å². The Bertz CT molecular complexity index is 756. The van der Waals surface area contributed by atoms with Crippen LogP contribution in [0.15, 0.2) is 30.3 Å². The molecule has 0 amide bonds. The molecule has 1 aromatic carbocycles. The lowest BCUT2D eigenvalue weighted by Crippen LogP contribution is -2.16. The van der Waals surface area contributed by atoms with Gasteiger partial charge in [0.25, 0.3) is 0 Å². The van der Waals surface area contributed by atoms with Crippen LogP contribution in [0.2, 0.25) is 5.02 Å². The van der Waals surface area contributed by atoms with Crippen LogP contribution in [0.5, 0.6) is 0 Å². The quantitative estimate of drug-likeness (QED) is 0.697. The van der Waals surface area contributed by atoms with Crippen LogP contribution in [-0.2, 0) is 10.9 Å². The second-order valence-corrected chi connectivity index (χ2v) is 5.91. The first kappa shape index (κ1) is 18.3. The maximum Gasteiger partial charge on any atom is 0.418 e. The molecule has 0 saturated heterocycles. The fraction of sp³-hybridized carbons (Fsp3) is 0.294. The Balaban J connectivity index is 2.80. The molecule has 0 unspecified atom stereocenters. The summed E-state index contributed by atoms with van der Waals surface area (Å²) in [6.07, 6.45) is -4.61. The number of pyridine rings is 1. The van der Waals surface area contributed by atoms with Crippen LogP contribution < -0.4 is 0 Å². The standard InChI is InChI=1S/C17H15ClF3NO2/c1-9(2)12-8-13(17(19,20)21)14(22-15(12)16(23)24-3)10-4-6-11(18)7-5-10/h4-9H,1-3H3. The molecule has 0 fully saturated rings. The number of carbonyl (C=O) groups excluding carboxylic acids is 1. The van der Waals surface area contributed by atoms with Crippen molar-refractivity contribution in [3.05, 3.63) is 52.2 Å². The third kappa shape index (κ3) is 3.70. The molecular formula is C17H15ClF3NO2. The van der Waals surface area contributed by atoms with Crippen molar-refractivity contribution < 1.29 is 22.7 Å². The summed E-state index contributed by atoms with van der Waals surface area (Å²) in [5, 5.41) is 0.388. The van der Waals surface area contributed by atoms with Crippen molar-refractivity contribution in [2.24, 2.45) is 0 Å². The highest BCUT2D eigenvalue weighted by Gasteiger charge is 2.36. The van der Waals surface area contributed by atoms with Crippen molar-refractivity contribution in [2.75, 3.05) is 7.11 Å². The fourth-order valence-electron chi connectivity index (χ4n) is 2.27. The molecule has 0 bridgehead atoms. The van der Waals surface area contributed by atoms with Crippen LogP contribution >= 0.6 is 11.6 Å². The molecule has 0 aliphatic carbocycles. The van der Waals surface area contributed by atoms with E-state index < -0.39 is 17.7 Å². The van der Waals surface area contributed by atoms with Crippen LogP contribution in [-0.4, -0.2) is 18.1 Å². The van der Waals surface area contributed by atoms with Gasteiger partial charge in [0.1, 0.15) is 0 Å². The number of esters is 1. The third-order valence-corrected chi connectivity index (χ3v) is 3.73. The molecule has 0 N–H and O–H groups in total. The largest absolute Gasteiger partial charge is 0.464 e. The van der Waals surface area contributed by atoms with Gasteiger partial charge in [-0.25, -0.2) is 9.78 Å². The Kier molecular flexibility index (Phi) is 5.18. The molecule has 7 heteroatoms. The maximum absolute atomic E-state index is 13.5. The molecule has 0 aliphatic heterocycles. The lowest BCUT2D eigenvalue weighted by molar-refractivity contribution is -0.137. The molecule has 2 aromatic rings. The van der Waals surface area contributed by atoms with E-state index in [2.05, 4.69) is 9.72 Å². The van der Waals surface area contributed by atoms with E-state index in [4.69, 9.17) is 11.6 Å². The average Bonchev–Trinajstić information content (AvgIpc) is 2.52. The molecule has 3 nitrogen and oxygen atoms in total. The van der Waals surface area contributed by atoms with E-state index in [-0.39, 0.29) is 28.4 Å². The zero-order valence-corrected chi connectivity index (χ0v) is 14.0. The topological polar surface area (TPSA) is 39.2 Å². The Labute approximate surface area is 142 Å². The highest BCUT2D eigenvalue weighted by atomic mass is 35.5. The number of carbonyl (C=O) groups is 1. The molecule has 0 atom stereocenters. The molecule has 0 spiro atoms. The third-order valence-electron chi connectivity index (χ3n) is 3.48. The van der Waals surface area contributed by atoms with Gasteiger partial charge in [0.15, 0.2) is 5.69 Å². The lowest BCUT2D eigenvalue weighted by atomic mass is 9.95. The first-order valence-corrected chi connectivity index (χ1v) is 7.49. The van der Waals surface area contributed by atoms with Gasteiger partial charge in [-0.05, 0) is 29.7 Å². The zero-order valence-electron chi connectivity index (χ0n) is 13.2. The Morgan fingerprint density at radius 3 is 2.25 bits per heavy atom. The predicted molar refractivity (Wildman–Crippen MR) is 85.1 cm³/mol. The molecule has 1 heterocycles. The number of halogens is 4. The minimum Gasteiger partial charge on any atom is -0.464 e. The number of hydrogen-bond acceptors (Lipinski definition) is 3. The maximum atomic E-state index is 13.5. The summed E-state index contributed by atoms with van der Waals surface area (Å²) >= 11 is 5.78. The van der Waals surface area contributed by atoms with Crippen LogP contribution in [0.4, 0.5) is 13.2 Å². The van der Waals surface area contributed by atoms with Gasteiger partial charge in [0, 0.05) is 10.6 Å². The Morgan fingerprint density at radius 1 is 1.21 bits per heavy atom. The summed E-state index contributed by atoms with van der Waals surface area (Å²) in [6, 6.07) is 6.75. The monoisotopic (exact) mass is 357 g/mol.